The van der Waals surface area contributed by atoms with Gasteiger partial charge in [-0.3, -0.25) is 4.79 Å². The van der Waals surface area contributed by atoms with Crippen LogP contribution in [0.5, 0.6) is 0 Å². The zero-order valence-corrected chi connectivity index (χ0v) is 14.1. The molecule has 1 heterocycles. The van der Waals surface area contributed by atoms with Gasteiger partial charge in [-0.2, -0.15) is 0 Å². The molecule has 0 spiro atoms. The summed E-state index contributed by atoms with van der Waals surface area (Å²) in [4.78, 5) is 19.3. The third-order valence-electron chi connectivity index (χ3n) is 2.62. The number of thiazole rings is 1. The molecule has 106 valence electrons. The second-order valence-corrected chi connectivity index (χ2v) is 6.75. The van der Waals surface area contributed by atoms with E-state index in [4.69, 9.17) is 12.2 Å². The number of amides is 1. The number of thioether (sulfide) groups is 1. The van der Waals surface area contributed by atoms with Crippen molar-refractivity contribution in [2.45, 2.75) is 27.7 Å². The highest BCUT2D eigenvalue weighted by Crippen LogP contribution is 2.21. The van der Waals surface area contributed by atoms with E-state index < -0.39 is 0 Å². The number of aryl methyl sites for hydroxylation is 2. The summed E-state index contributed by atoms with van der Waals surface area (Å²) in [6.07, 6.45) is 0. The summed E-state index contributed by atoms with van der Waals surface area (Å²) in [6, 6.07) is 0. The van der Waals surface area contributed by atoms with E-state index in [2.05, 4.69) is 29.0 Å². The van der Waals surface area contributed by atoms with Crippen molar-refractivity contribution in [2.75, 3.05) is 24.2 Å². The highest BCUT2D eigenvalue weighted by atomic mass is 32.2. The molecule has 4 nitrogen and oxygen atoms in total. The summed E-state index contributed by atoms with van der Waals surface area (Å²) in [7, 11) is 0. The molecule has 1 aromatic rings. The number of nitrogens with one attached hydrogen (secondary N) is 1. The van der Waals surface area contributed by atoms with E-state index in [1.165, 1.54) is 23.1 Å². The Labute approximate surface area is 128 Å². The fourth-order valence-electron chi connectivity index (χ4n) is 1.38. The fraction of sp³-hybridized carbons (Fsp3) is 0.583. The van der Waals surface area contributed by atoms with Crippen LogP contribution in [0.2, 0.25) is 0 Å². The van der Waals surface area contributed by atoms with Crippen LogP contribution < -0.4 is 5.32 Å². The van der Waals surface area contributed by atoms with Crippen molar-refractivity contribution in [3.63, 3.8) is 0 Å². The van der Waals surface area contributed by atoms with Crippen molar-refractivity contribution in [3.05, 3.63) is 10.6 Å². The van der Waals surface area contributed by atoms with E-state index in [1.807, 2.05) is 13.8 Å². The maximum Gasteiger partial charge on any atom is 0.236 e. The predicted octanol–water partition coefficient (Wildman–Crippen LogP) is 3.06. The Hall–Kier alpha value is -0.660. The number of hydrogen-bond donors (Lipinski definition) is 1. The van der Waals surface area contributed by atoms with Gasteiger partial charge in [0, 0.05) is 18.0 Å². The number of thiocarbonyl (C=S) groups is 1. The quantitative estimate of drug-likeness (QED) is 0.846. The Morgan fingerprint density at radius 2 is 2.05 bits per heavy atom. The van der Waals surface area contributed by atoms with Gasteiger partial charge in [0.15, 0.2) is 5.13 Å². The lowest BCUT2D eigenvalue weighted by Gasteiger charge is -2.20. The van der Waals surface area contributed by atoms with Crippen LogP contribution in [0.1, 0.15) is 24.4 Å². The zero-order valence-electron chi connectivity index (χ0n) is 11.6. The Kier molecular flexibility index (Phi) is 6.74. The summed E-state index contributed by atoms with van der Waals surface area (Å²) in [5.41, 5.74) is 0.964. The largest absolute Gasteiger partial charge is 0.358 e. The van der Waals surface area contributed by atoms with Crippen LogP contribution in [0, 0.1) is 13.8 Å². The lowest BCUT2D eigenvalue weighted by molar-refractivity contribution is -0.113. The highest BCUT2D eigenvalue weighted by molar-refractivity contribution is 8.23. The van der Waals surface area contributed by atoms with Gasteiger partial charge >= 0.3 is 0 Å². The highest BCUT2D eigenvalue weighted by Gasteiger charge is 2.11. The second kappa shape index (κ2) is 7.81. The van der Waals surface area contributed by atoms with Gasteiger partial charge in [0.05, 0.1) is 11.4 Å². The lowest BCUT2D eigenvalue weighted by atomic mass is 10.4. The van der Waals surface area contributed by atoms with Crippen LogP contribution in [-0.2, 0) is 4.79 Å². The Morgan fingerprint density at radius 1 is 1.42 bits per heavy atom. The summed E-state index contributed by atoms with van der Waals surface area (Å²) in [6.45, 7) is 9.78. The summed E-state index contributed by atoms with van der Waals surface area (Å²) in [5, 5.41) is 3.46. The van der Waals surface area contributed by atoms with Gasteiger partial charge in [-0.15, -0.1) is 11.3 Å². The molecule has 0 aromatic carbocycles. The van der Waals surface area contributed by atoms with Gasteiger partial charge < -0.3 is 10.2 Å². The SMILES string of the molecule is CCN(CC)C(=S)SCC(=O)Nc1nc(C)c(C)s1. The molecule has 0 atom stereocenters. The number of rotatable bonds is 5. The molecule has 0 aliphatic rings. The Balaban J connectivity index is 2.42. The molecule has 0 bridgehead atoms. The van der Waals surface area contributed by atoms with Crippen LogP contribution in [0.3, 0.4) is 0 Å². The van der Waals surface area contributed by atoms with Gasteiger partial charge in [0.2, 0.25) is 5.91 Å². The zero-order chi connectivity index (χ0) is 14.4. The van der Waals surface area contributed by atoms with Gasteiger partial charge in [-0.05, 0) is 27.7 Å². The maximum absolute atomic E-state index is 11.8. The minimum Gasteiger partial charge on any atom is -0.358 e. The molecule has 0 saturated carbocycles. The molecule has 0 fully saturated rings. The van der Waals surface area contributed by atoms with Crippen LogP contribution in [0.4, 0.5) is 5.13 Å². The van der Waals surface area contributed by atoms with E-state index in [1.54, 1.807) is 0 Å². The molecule has 0 aliphatic carbocycles. The van der Waals surface area contributed by atoms with E-state index >= 15 is 0 Å². The number of anilines is 1. The monoisotopic (exact) mass is 317 g/mol. The van der Waals surface area contributed by atoms with Gasteiger partial charge in [0.1, 0.15) is 4.32 Å². The topological polar surface area (TPSA) is 45.2 Å². The first-order chi connectivity index (χ1) is 8.97. The first-order valence-corrected chi connectivity index (χ1v) is 8.34. The average Bonchev–Trinajstić information content (AvgIpc) is 2.67. The third kappa shape index (κ3) is 5.08. The second-order valence-electron chi connectivity index (χ2n) is 3.94. The third-order valence-corrected chi connectivity index (χ3v) is 5.13. The van der Waals surface area contributed by atoms with Crippen molar-refractivity contribution >= 4 is 50.7 Å². The van der Waals surface area contributed by atoms with E-state index in [0.29, 0.717) is 10.9 Å². The van der Waals surface area contributed by atoms with Gasteiger partial charge in [0.25, 0.3) is 0 Å². The molecule has 0 saturated heterocycles. The molecule has 1 rings (SSSR count). The molecule has 1 aromatic heterocycles. The lowest BCUT2D eigenvalue weighted by Crippen LogP contribution is -2.28. The number of hydrogen-bond acceptors (Lipinski definition) is 5. The van der Waals surface area contributed by atoms with Crippen LogP contribution >= 0.6 is 35.3 Å². The number of carbonyl (C=O) groups excluding carboxylic acids is 1. The summed E-state index contributed by atoms with van der Waals surface area (Å²) < 4.78 is 0.770. The van der Waals surface area contributed by atoms with Crippen LogP contribution in [0.25, 0.3) is 0 Å². The average molecular weight is 318 g/mol. The van der Waals surface area contributed by atoms with Crippen LogP contribution in [-0.4, -0.2) is 39.0 Å². The normalized spacial score (nSPS) is 10.3. The first-order valence-electron chi connectivity index (χ1n) is 6.13. The molecular weight excluding hydrogens is 298 g/mol. The summed E-state index contributed by atoms with van der Waals surface area (Å²) in [5.74, 6) is 0.265. The van der Waals surface area contributed by atoms with Gasteiger partial charge in [-0.25, -0.2) is 4.98 Å². The van der Waals surface area contributed by atoms with Crippen molar-refractivity contribution < 1.29 is 4.79 Å². The Bertz CT molecular complexity index is 436. The van der Waals surface area contributed by atoms with E-state index in [9.17, 15) is 4.79 Å². The van der Waals surface area contributed by atoms with Crippen molar-refractivity contribution in [2.24, 2.45) is 0 Å². The minimum atomic E-state index is -0.0618. The molecule has 0 radical (unpaired) electrons. The molecule has 0 unspecified atom stereocenters. The molecule has 1 amide bonds. The van der Waals surface area contributed by atoms with Crippen molar-refractivity contribution in [1.29, 1.82) is 0 Å². The molecule has 19 heavy (non-hydrogen) atoms. The van der Waals surface area contributed by atoms with E-state index in [0.717, 1.165) is 28.0 Å². The summed E-state index contributed by atoms with van der Waals surface area (Å²) >= 11 is 8.17. The Morgan fingerprint density at radius 3 is 2.53 bits per heavy atom. The molecular formula is C12H19N3OS3. The van der Waals surface area contributed by atoms with Crippen molar-refractivity contribution in [1.82, 2.24) is 9.88 Å². The standard InChI is InChI=1S/C12H19N3OS3/c1-5-15(6-2)12(17)18-7-10(16)14-11-13-8(3)9(4)19-11/h5-7H2,1-4H3,(H,13,14,16). The fourth-order valence-corrected chi connectivity index (χ4v) is 3.42. The van der Waals surface area contributed by atoms with Crippen LogP contribution in [0.15, 0.2) is 0 Å². The maximum atomic E-state index is 11.8. The minimum absolute atomic E-state index is 0.0618. The smallest absolute Gasteiger partial charge is 0.236 e. The predicted molar refractivity (Wildman–Crippen MR) is 88.2 cm³/mol. The molecule has 7 heteroatoms. The van der Waals surface area contributed by atoms with Crippen molar-refractivity contribution in [3.8, 4) is 0 Å². The number of carbonyl (C=O) groups is 1. The number of nitrogens with zero attached hydrogens (tertiary/aromatic N) is 2. The van der Waals surface area contributed by atoms with Gasteiger partial charge in [-0.1, -0.05) is 24.0 Å². The molecule has 0 aliphatic heterocycles. The number of aromatic nitrogens is 1. The molecule has 1 N–H and O–H groups in total. The van der Waals surface area contributed by atoms with E-state index in [-0.39, 0.29) is 5.91 Å². The first kappa shape index (κ1) is 16.4.